The lowest BCUT2D eigenvalue weighted by Crippen LogP contribution is -2.13. The van der Waals surface area contributed by atoms with E-state index in [0.29, 0.717) is 10.5 Å². The van der Waals surface area contributed by atoms with Crippen molar-refractivity contribution in [1.82, 2.24) is 4.98 Å². The molecule has 0 aliphatic heterocycles. The molecule has 0 bridgehead atoms. The Morgan fingerprint density at radius 3 is 2.56 bits per heavy atom. The van der Waals surface area contributed by atoms with Gasteiger partial charge in [-0.3, -0.25) is 4.98 Å². The van der Waals surface area contributed by atoms with Crippen LogP contribution in [0.1, 0.15) is 26.3 Å². The highest BCUT2D eigenvalue weighted by Crippen LogP contribution is 2.36. The molecule has 0 atom stereocenters. The standard InChI is InChI=1S/C13H14ClNO/c1-13(2,3)11-8-5-4-6-10(16)12(8)15-7-9(11)14/h4-7,16H,1-3H3. The van der Waals surface area contributed by atoms with Crippen molar-refractivity contribution in [2.24, 2.45) is 0 Å². The van der Waals surface area contributed by atoms with Crippen molar-refractivity contribution in [2.45, 2.75) is 26.2 Å². The number of aromatic hydroxyl groups is 1. The molecule has 2 rings (SSSR count). The summed E-state index contributed by atoms with van der Waals surface area (Å²) in [5.41, 5.74) is 1.55. The van der Waals surface area contributed by atoms with Crippen LogP contribution in [-0.2, 0) is 5.41 Å². The number of phenolic OH excluding ortho intramolecular Hbond substituents is 1. The van der Waals surface area contributed by atoms with Gasteiger partial charge in [0.2, 0.25) is 0 Å². The SMILES string of the molecule is CC(C)(C)c1c(Cl)cnc2c(O)cccc12. The van der Waals surface area contributed by atoms with Crippen LogP contribution < -0.4 is 0 Å². The van der Waals surface area contributed by atoms with Gasteiger partial charge in [0.15, 0.2) is 0 Å². The average Bonchev–Trinajstić information content (AvgIpc) is 2.15. The Kier molecular flexibility index (Phi) is 2.55. The van der Waals surface area contributed by atoms with E-state index in [9.17, 15) is 5.11 Å². The zero-order valence-electron chi connectivity index (χ0n) is 9.58. The van der Waals surface area contributed by atoms with Crippen LogP contribution in [0.5, 0.6) is 5.75 Å². The van der Waals surface area contributed by atoms with Crippen LogP contribution in [0.25, 0.3) is 10.9 Å². The number of hydrogen-bond donors (Lipinski definition) is 1. The first kappa shape index (κ1) is 11.2. The largest absolute Gasteiger partial charge is 0.506 e. The van der Waals surface area contributed by atoms with E-state index in [4.69, 9.17) is 11.6 Å². The summed E-state index contributed by atoms with van der Waals surface area (Å²) in [4.78, 5) is 4.17. The molecule has 1 aromatic carbocycles. The minimum Gasteiger partial charge on any atom is -0.506 e. The van der Waals surface area contributed by atoms with Crippen LogP contribution in [-0.4, -0.2) is 10.1 Å². The van der Waals surface area contributed by atoms with Gasteiger partial charge in [0.25, 0.3) is 0 Å². The number of halogens is 1. The molecule has 0 aliphatic rings. The molecule has 0 unspecified atom stereocenters. The summed E-state index contributed by atoms with van der Waals surface area (Å²) in [6.07, 6.45) is 1.60. The highest BCUT2D eigenvalue weighted by molar-refractivity contribution is 6.32. The van der Waals surface area contributed by atoms with Gasteiger partial charge in [-0.05, 0) is 17.0 Å². The van der Waals surface area contributed by atoms with Crippen LogP contribution in [0.4, 0.5) is 0 Å². The van der Waals surface area contributed by atoms with Crippen LogP contribution in [0.2, 0.25) is 5.02 Å². The van der Waals surface area contributed by atoms with Crippen LogP contribution >= 0.6 is 11.6 Å². The molecular weight excluding hydrogens is 222 g/mol. The molecule has 0 aliphatic carbocycles. The molecule has 0 spiro atoms. The van der Waals surface area contributed by atoms with Gasteiger partial charge >= 0.3 is 0 Å². The number of aromatic nitrogens is 1. The molecule has 0 fully saturated rings. The summed E-state index contributed by atoms with van der Waals surface area (Å²) in [6, 6.07) is 5.38. The highest BCUT2D eigenvalue weighted by atomic mass is 35.5. The second-order valence-electron chi connectivity index (χ2n) is 4.90. The lowest BCUT2D eigenvalue weighted by Gasteiger charge is -2.22. The third kappa shape index (κ3) is 1.74. The maximum atomic E-state index is 9.75. The van der Waals surface area contributed by atoms with Gasteiger partial charge < -0.3 is 5.11 Å². The summed E-state index contributed by atoms with van der Waals surface area (Å²) in [5, 5.41) is 11.3. The van der Waals surface area contributed by atoms with Crippen molar-refractivity contribution in [3.63, 3.8) is 0 Å². The predicted molar refractivity (Wildman–Crippen MR) is 67.1 cm³/mol. The van der Waals surface area contributed by atoms with Gasteiger partial charge in [-0.2, -0.15) is 0 Å². The summed E-state index contributed by atoms with van der Waals surface area (Å²) in [7, 11) is 0. The van der Waals surface area contributed by atoms with E-state index in [1.165, 1.54) is 0 Å². The van der Waals surface area contributed by atoms with Crippen molar-refractivity contribution < 1.29 is 5.11 Å². The Hall–Kier alpha value is -1.28. The lowest BCUT2D eigenvalue weighted by molar-refractivity contribution is 0.480. The molecule has 2 nitrogen and oxygen atoms in total. The van der Waals surface area contributed by atoms with Crippen molar-refractivity contribution in [2.75, 3.05) is 0 Å². The molecule has 1 heterocycles. The van der Waals surface area contributed by atoms with Gasteiger partial charge in [0.1, 0.15) is 11.3 Å². The van der Waals surface area contributed by atoms with Crippen molar-refractivity contribution in [1.29, 1.82) is 0 Å². The number of phenols is 1. The molecular formula is C13H14ClNO. The molecule has 16 heavy (non-hydrogen) atoms. The Morgan fingerprint density at radius 2 is 1.94 bits per heavy atom. The molecule has 0 radical (unpaired) electrons. The Balaban J connectivity index is 2.91. The number of fused-ring (bicyclic) bond motifs is 1. The first-order chi connectivity index (χ1) is 7.41. The predicted octanol–water partition coefficient (Wildman–Crippen LogP) is 3.89. The van der Waals surface area contributed by atoms with Crippen molar-refractivity contribution >= 4 is 22.5 Å². The minimum atomic E-state index is -0.0773. The maximum absolute atomic E-state index is 9.75. The smallest absolute Gasteiger partial charge is 0.141 e. The van der Waals surface area contributed by atoms with Crippen LogP contribution in [0.3, 0.4) is 0 Å². The third-order valence-electron chi connectivity index (χ3n) is 2.58. The van der Waals surface area contributed by atoms with E-state index in [0.717, 1.165) is 10.9 Å². The molecule has 2 aromatic rings. The van der Waals surface area contributed by atoms with Gasteiger partial charge in [-0.1, -0.05) is 44.5 Å². The Morgan fingerprint density at radius 1 is 1.25 bits per heavy atom. The highest BCUT2D eigenvalue weighted by Gasteiger charge is 2.21. The first-order valence-electron chi connectivity index (χ1n) is 5.18. The van der Waals surface area contributed by atoms with Gasteiger partial charge in [0.05, 0.1) is 5.02 Å². The van der Waals surface area contributed by atoms with E-state index in [-0.39, 0.29) is 11.2 Å². The van der Waals surface area contributed by atoms with Gasteiger partial charge in [-0.15, -0.1) is 0 Å². The van der Waals surface area contributed by atoms with Crippen LogP contribution in [0.15, 0.2) is 24.4 Å². The normalized spacial score (nSPS) is 12.0. The summed E-state index contributed by atoms with van der Waals surface area (Å²) in [6.45, 7) is 6.28. The Labute approximate surface area is 99.9 Å². The number of hydrogen-bond acceptors (Lipinski definition) is 2. The molecule has 0 amide bonds. The van der Waals surface area contributed by atoms with E-state index in [1.807, 2.05) is 12.1 Å². The second kappa shape index (κ2) is 3.63. The quantitative estimate of drug-likeness (QED) is 0.752. The lowest BCUT2D eigenvalue weighted by atomic mass is 9.85. The molecule has 0 saturated carbocycles. The topological polar surface area (TPSA) is 33.1 Å². The fourth-order valence-corrected chi connectivity index (χ4v) is 2.38. The maximum Gasteiger partial charge on any atom is 0.141 e. The van der Waals surface area contributed by atoms with E-state index < -0.39 is 0 Å². The number of nitrogens with zero attached hydrogens (tertiary/aromatic N) is 1. The molecule has 1 N–H and O–H groups in total. The summed E-state index contributed by atoms with van der Waals surface area (Å²) in [5.74, 6) is 0.194. The second-order valence-corrected chi connectivity index (χ2v) is 5.31. The fraction of sp³-hybridized carbons (Fsp3) is 0.308. The molecule has 3 heteroatoms. The van der Waals surface area contributed by atoms with Gasteiger partial charge in [0, 0.05) is 11.6 Å². The number of rotatable bonds is 0. The zero-order chi connectivity index (χ0) is 11.9. The summed E-state index contributed by atoms with van der Waals surface area (Å²) < 4.78 is 0. The van der Waals surface area contributed by atoms with E-state index in [2.05, 4.69) is 25.8 Å². The first-order valence-corrected chi connectivity index (χ1v) is 5.56. The number of benzene rings is 1. The van der Waals surface area contributed by atoms with Crippen LogP contribution in [0, 0.1) is 0 Å². The molecule has 84 valence electrons. The zero-order valence-corrected chi connectivity index (χ0v) is 10.3. The van der Waals surface area contributed by atoms with Crippen molar-refractivity contribution in [3.05, 3.63) is 35.0 Å². The van der Waals surface area contributed by atoms with E-state index >= 15 is 0 Å². The fourth-order valence-electron chi connectivity index (χ4n) is 1.95. The van der Waals surface area contributed by atoms with Crippen molar-refractivity contribution in [3.8, 4) is 5.75 Å². The summed E-state index contributed by atoms with van der Waals surface area (Å²) >= 11 is 6.20. The third-order valence-corrected chi connectivity index (χ3v) is 2.87. The molecule has 0 saturated heterocycles. The number of para-hydroxylation sites is 1. The number of pyridine rings is 1. The van der Waals surface area contributed by atoms with Gasteiger partial charge in [-0.25, -0.2) is 0 Å². The monoisotopic (exact) mass is 235 g/mol. The minimum absolute atomic E-state index is 0.0773. The average molecular weight is 236 g/mol. The Bertz CT molecular complexity index is 543. The van der Waals surface area contributed by atoms with E-state index in [1.54, 1.807) is 12.3 Å². The molecule has 1 aromatic heterocycles.